The second-order valence-corrected chi connectivity index (χ2v) is 5.44. The zero-order valence-corrected chi connectivity index (χ0v) is 14.0. The third kappa shape index (κ3) is 4.44. The van der Waals surface area contributed by atoms with Crippen molar-refractivity contribution in [3.63, 3.8) is 0 Å². The molecule has 3 aromatic rings. The van der Waals surface area contributed by atoms with E-state index in [4.69, 9.17) is 4.74 Å². The fourth-order valence-electron chi connectivity index (χ4n) is 2.41. The lowest BCUT2D eigenvalue weighted by Crippen LogP contribution is -2.25. The molecule has 2 N–H and O–H groups in total. The van der Waals surface area contributed by atoms with E-state index in [1.54, 1.807) is 12.1 Å². The predicted octanol–water partition coefficient (Wildman–Crippen LogP) is 2.84. The van der Waals surface area contributed by atoms with E-state index in [1.165, 1.54) is 0 Å². The quantitative estimate of drug-likeness (QED) is 0.695. The number of benzene rings is 2. The van der Waals surface area contributed by atoms with Gasteiger partial charge in [0.1, 0.15) is 11.6 Å². The molecule has 2 aromatic carbocycles. The number of hydrogen-bond acceptors (Lipinski definition) is 4. The first-order chi connectivity index (χ1) is 12.3. The summed E-state index contributed by atoms with van der Waals surface area (Å²) in [5.74, 6) is 1.95. The van der Waals surface area contributed by atoms with Crippen LogP contribution in [0.2, 0.25) is 0 Å². The van der Waals surface area contributed by atoms with E-state index in [1.807, 2.05) is 49.4 Å². The number of nitrogens with one attached hydrogen (secondary N) is 2. The topological polar surface area (TPSA) is 79.9 Å². The first-order valence-corrected chi connectivity index (χ1v) is 8.24. The molecule has 1 amide bonds. The number of carbonyl (C=O) groups excluding carboxylic acids is 1. The van der Waals surface area contributed by atoms with Crippen molar-refractivity contribution < 1.29 is 9.53 Å². The lowest BCUT2D eigenvalue weighted by molar-refractivity contribution is 0.0953. The van der Waals surface area contributed by atoms with Crippen LogP contribution >= 0.6 is 0 Å². The van der Waals surface area contributed by atoms with Gasteiger partial charge in [0, 0.05) is 24.1 Å². The molecule has 0 unspecified atom stereocenters. The predicted molar refractivity (Wildman–Crippen MR) is 95.5 cm³/mol. The number of amides is 1. The summed E-state index contributed by atoms with van der Waals surface area (Å²) in [6.07, 6.45) is 0.580. The number of rotatable bonds is 7. The Bertz CT molecular complexity index is 830. The molecule has 25 heavy (non-hydrogen) atoms. The molecule has 0 saturated carbocycles. The van der Waals surface area contributed by atoms with Gasteiger partial charge in [0.05, 0.1) is 6.61 Å². The molecule has 1 heterocycles. The van der Waals surface area contributed by atoms with Crippen molar-refractivity contribution >= 4 is 5.91 Å². The molecule has 0 saturated heterocycles. The highest BCUT2D eigenvalue weighted by molar-refractivity contribution is 5.94. The monoisotopic (exact) mass is 336 g/mol. The van der Waals surface area contributed by atoms with Gasteiger partial charge in [-0.25, -0.2) is 4.98 Å². The fraction of sp³-hybridized carbons (Fsp3) is 0.211. The van der Waals surface area contributed by atoms with Crippen LogP contribution in [0.3, 0.4) is 0 Å². The van der Waals surface area contributed by atoms with Crippen LogP contribution in [-0.2, 0) is 6.42 Å². The van der Waals surface area contributed by atoms with Crippen molar-refractivity contribution in [2.75, 3.05) is 13.2 Å². The highest BCUT2D eigenvalue weighted by atomic mass is 16.5. The van der Waals surface area contributed by atoms with Crippen molar-refractivity contribution in [1.82, 2.24) is 20.5 Å². The molecule has 1 aromatic heterocycles. The van der Waals surface area contributed by atoms with Gasteiger partial charge < -0.3 is 10.1 Å². The summed E-state index contributed by atoms with van der Waals surface area (Å²) in [7, 11) is 0. The summed E-state index contributed by atoms with van der Waals surface area (Å²) < 4.78 is 5.41. The Morgan fingerprint density at radius 2 is 2.00 bits per heavy atom. The van der Waals surface area contributed by atoms with Crippen molar-refractivity contribution in [3.05, 3.63) is 66.0 Å². The molecule has 0 aliphatic heterocycles. The van der Waals surface area contributed by atoms with E-state index >= 15 is 0 Å². The second-order valence-electron chi connectivity index (χ2n) is 5.44. The van der Waals surface area contributed by atoms with Crippen molar-refractivity contribution in [3.8, 4) is 17.1 Å². The first kappa shape index (κ1) is 16.7. The maximum Gasteiger partial charge on any atom is 0.251 e. The molecule has 6 heteroatoms. The molecular formula is C19H20N4O2. The van der Waals surface area contributed by atoms with Crippen LogP contribution < -0.4 is 10.1 Å². The standard InChI is InChI=1S/C19H20N4O2/c1-2-25-16-10-6-9-15(13-16)19(24)20-12-11-17-21-18(23-22-17)14-7-4-3-5-8-14/h3-10,13H,2,11-12H2,1H3,(H,20,24)(H,21,22,23). The summed E-state index contributed by atoms with van der Waals surface area (Å²) in [5.41, 5.74) is 1.54. The first-order valence-electron chi connectivity index (χ1n) is 8.24. The molecular weight excluding hydrogens is 316 g/mol. The summed E-state index contributed by atoms with van der Waals surface area (Å²) in [6, 6.07) is 16.9. The Kier molecular flexibility index (Phi) is 5.41. The van der Waals surface area contributed by atoms with E-state index < -0.39 is 0 Å². The Labute approximate surface area is 146 Å². The number of aromatic nitrogens is 3. The number of carbonyl (C=O) groups is 1. The van der Waals surface area contributed by atoms with E-state index in [-0.39, 0.29) is 5.91 Å². The Morgan fingerprint density at radius 3 is 2.80 bits per heavy atom. The minimum atomic E-state index is -0.135. The van der Waals surface area contributed by atoms with Gasteiger partial charge in [0.25, 0.3) is 5.91 Å². The molecule has 3 rings (SSSR count). The van der Waals surface area contributed by atoms with E-state index in [9.17, 15) is 4.79 Å². The molecule has 0 spiro atoms. The van der Waals surface area contributed by atoms with Gasteiger partial charge in [-0.1, -0.05) is 36.4 Å². The van der Waals surface area contributed by atoms with Gasteiger partial charge in [-0.05, 0) is 25.1 Å². The highest BCUT2D eigenvalue weighted by Crippen LogP contribution is 2.14. The van der Waals surface area contributed by atoms with Gasteiger partial charge in [-0.15, -0.1) is 0 Å². The number of aromatic amines is 1. The van der Waals surface area contributed by atoms with Crippen LogP contribution in [0.25, 0.3) is 11.4 Å². The third-order valence-electron chi connectivity index (χ3n) is 3.62. The second kappa shape index (κ2) is 8.10. The van der Waals surface area contributed by atoms with Crippen LogP contribution in [0.4, 0.5) is 0 Å². The van der Waals surface area contributed by atoms with Crippen molar-refractivity contribution in [2.24, 2.45) is 0 Å². The van der Waals surface area contributed by atoms with Crippen LogP contribution in [0.5, 0.6) is 5.75 Å². The molecule has 0 aliphatic carbocycles. The highest BCUT2D eigenvalue weighted by Gasteiger charge is 2.08. The third-order valence-corrected chi connectivity index (χ3v) is 3.62. The number of H-pyrrole nitrogens is 1. The molecule has 0 radical (unpaired) electrons. The number of hydrogen-bond donors (Lipinski definition) is 2. The van der Waals surface area contributed by atoms with Gasteiger partial charge in [-0.2, -0.15) is 5.10 Å². The van der Waals surface area contributed by atoms with Crippen molar-refractivity contribution in [2.45, 2.75) is 13.3 Å². The summed E-state index contributed by atoms with van der Waals surface area (Å²) in [5, 5.41) is 10.0. The molecule has 0 atom stereocenters. The molecule has 6 nitrogen and oxygen atoms in total. The zero-order valence-electron chi connectivity index (χ0n) is 14.0. The van der Waals surface area contributed by atoms with Crippen LogP contribution in [0.1, 0.15) is 23.1 Å². The average Bonchev–Trinajstić information content (AvgIpc) is 3.12. The Hall–Kier alpha value is -3.15. The maximum atomic E-state index is 12.2. The minimum Gasteiger partial charge on any atom is -0.494 e. The Morgan fingerprint density at radius 1 is 1.16 bits per heavy atom. The molecule has 0 fully saturated rings. The van der Waals surface area contributed by atoms with Crippen molar-refractivity contribution in [1.29, 1.82) is 0 Å². The summed E-state index contributed by atoms with van der Waals surface area (Å²) in [4.78, 5) is 16.7. The van der Waals surface area contributed by atoms with E-state index in [0.29, 0.717) is 36.7 Å². The van der Waals surface area contributed by atoms with Gasteiger partial charge >= 0.3 is 0 Å². The molecule has 0 aliphatic rings. The average molecular weight is 336 g/mol. The normalized spacial score (nSPS) is 10.4. The fourth-order valence-corrected chi connectivity index (χ4v) is 2.41. The smallest absolute Gasteiger partial charge is 0.251 e. The molecule has 0 bridgehead atoms. The number of nitrogens with zero attached hydrogens (tertiary/aromatic N) is 2. The maximum absolute atomic E-state index is 12.2. The minimum absolute atomic E-state index is 0.135. The lowest BCUT2D eigenvalue weighted by Gasteiger charge is -2.06. The van der Waals surface area contributed by atoms with Gasteiger partial charge in [0.15, 0.2) is 5.82 Å². The summed E-state index contributed by atoms with van der Waals surface area (Å²) in [6.45, 7) is 2.95. The van der Waals surface area contributed by atoms with Crippen LogP contribution in [0.15, 0.2) is 54.6 Å². The zero-order chi connectivity index (χ0) is 17.5. The van der Waals surface area contributed by atoms with Gasteiger partial charge in [-0.3, -0.25) is 9.89 Å². The Balaban J connectivity index is 1.54. The number of ether oxygens (including phenoxy) is 1. The molecule has 128 valence electrons. The SMILES string of the molecule is CCOc1cccc(C(=O)NCCc2nc(-c3ccccc3)n[nH]2)c1. The van der Waals surface area contributed by atoms with E-state index in [0.717, 1.165) is 11.4 Å². The largest absolute Gasteiger partial charge is 0.494 e. The van der Waals surface area contributed by atoms with E-state index in [2.05, 4.69) is 20.5 Å². The van der Waals surface area contributed by atoms with Crippen LogP contribution in [0, 0.1) is 0 Å². The van der Waals surface area contributed by atoms with Crippen LogP contribution in [-0.4, -0.2) is 34.2 Å². The summed E-state index contributed by atoms with van der Waals surface area (Å²) >= 11 is 0. The lowest BCUT2D eigenvalue weighted by atomic mass is 10.2. The van der Waals surface area contributed by atoms with Gasteiger partial charge in [0.2, 0.25) is 0 Å².